The first-order valence-corrected chi connectivity index (χ1v) is 11.1. The molecule has 1 saturated heterocycles. The summed E-state index contributed by atoms with van der Waals surface area (Å²) in [4.78, 5) is 12.5. The molecule has 0 spiro atoms. The number of rotatable bonds is 8. The molecule has 1 unspecified atom stereocenters. The van der Waals surface area contributed by atoms with Crippen LogP contribution in [0.15, 0.2) is 0 Å². The van der Waals surface area contributed by atoms with E-state index in [0.717, 1.165) is 6.42 Å². The van der Waals surface area contributed by atoms with Crippen LogP contribution in [-0.2, 0) is 18.7 Å². The van der Waals surface area contributed by atoms with Crippen molar-refractivity contribution in [3.05, 3.63) is 0 Å². The van der Waals surface area contributed by atoms with Crippen molar-refractivity contribution in [3.63, 3.8) is 0 Å². The summed E-state index contributed by atoms with van der Waals surface area (Å²) < 4.78 is 17.4. The Balaban J connectivity index is 3.04. The summed E-state index contributed by atoms with van der Waals surface area (Å²) in [5.74, 6) is -0.362. The highest BCUT2D eigenvalue weighted by atomic mass is 28.4. The lowest BCUT2D eigenvalue weighted by atomic mass is 9.94. The van der Waals surface area contributed by atoms with E-state index in [1.54, 1.807) is 6.92 Å². The SMILES string of the molecule is CCOC(=O)[C@@]1([C@@H](CCO)O[Si](C)(C)C(C)(C)C)OC1CC. The van der Waals surface area contributed by atoms with Crippen molar-refractivity contribution >= 4 is 14.3 Å². The minimum Gasteiger partial charge on any atom is -0.464 e. The maximum Gasteiger partial charge on any atom is 0.343 e. The fourth-order valence-electron chi connectivity index (χ4n) is 2.44. The average Bonchev–Trinajstić information content (AvgIpc) is 3.12. The number of aliphatic hydroxyl groups excluding tert-OH is 1. The van der Waals surface area contributed by atoms with Crippen LogP contribution in [-0.4, -0.2) is 50.4 Å². The van der Waals surface area contributed by atoms with Gasteiger partial charge in [0, 0.05) is 6.61 Å². The lowest BCUT2D eigenvalue weighted by Gasteiger charge is -2.40. The van der Waals surface area contributed by atoms with Gasteiger partial charge in [0.15, 0.2) is 8.32 Å². The van der Waals surface area contributed by atoms with Crippen molar-refractivity contribution in [1.29, 1.82) is 0 Å². The van der Waals surface area contributed by atoms with Crippen molar-refractivity contribution in [1.82, 2.24) is 0 Å². The number of hydrogen-bond donors (Lipinski definition) is 1. The van der Waals surface area contributed by atoms with Crippen LogP contribution in [0.1, 0.15) is 47.5 Å². The second-order valence-electron chi connectivity index (χ2n) is 7.41. The molecule has 6 heteroatoms. The van der Waals surface area contributed by atoms with Crippen LogP contribution >= 0.6 is 0 Å². The third-order valence-corrected chi connectivity index (χ3v) is 9.32. The maximum absolute atomic E-state index is 12.5. The number of epoxide rings is 1. The Kier molecular flexibility index (Phi) is 6.23. The number of aliphatic hydroxyl groups is 1. The van der Waals surface area contributed by atoms with Gasteiger partial charge in [-0.15, -0.1) is 0 Å². The van der Waals surface area contributed by atoms with E-state index in [-0.39, 0.29) is 23.7 Å². The minimum atomic E-state index is -2.09. The number of carbonyl (C=O) groups excluding carboxylic acids is 1. The van der Waals surface area contributed by atoms with Gasteiger partial charge in [-0.05, 0) is 37.9 Å². The van der Waals surface area contributed by atoms with E-state index in [0.29, 0.717) is 13.0 Å². The van der Waals surface area contributed by atoms with E-state index in [2.05, 4.69) is 33.9 Å². The first-order valence-electron chi connectivity index (χ1n) is 8.20. The van der Waals surface area contributed by atoms with Gasteiger partial charge in [0.05, 0.1) is 12.7 Å². The Bertz CT molecular complexity index is 390. The van der Waals surface area contributed by atoms with Crippen LogP contribution in [0, 0.1) is 0 Å². The Morgan fingerprint density at radius 2 is 1.95 bits per heavy atom. The highest BCUT2D eigenvalue weighted by molar-refractivity contribution is 6.74. The molecular formula is C16H32O5Si. The predicted molar refractivity (Wildman–Crippen MR) is 88.3 cm³/mol. The van der Waals surface area contributed by atoms with Crippen LogP contribution < -0.4 is 0 Å². The number of hydrogen-bond acceptors (Lipinski definition) is 5. The zero-order valence-corrected chi connectivity index (χ0v) is 16.1. The van der Waals surface area contributed by atoms with Gasteiger partial charge in [0.1, 0.15) is 6.10 Å². The molecule has 0 amide bonds. The van der Waals surface area contributed by atoms with Crippen LogP contribution in [0.5, 0.6) is 0 Å². The van der Waals surface area contributed by atoms with Crippen LogP contribution in [0.2, 0.25) is 18.1 Å². The molecule has 1 fully saturated rings. The van der Waals surface area contributed by atoms with Crippen molar-refractivity contribution in [3.8, 4) is 0 Å². The molecule has 1 N–H and O–H groups in total. The fraction of sp³-hybridized carbons (Fsp3) is 0.938. The van der Waals surface area contributed by atoms with Gasteiger partial charge in [0.25, 0.3) is 0 Å². The molecule has 1 heterocycles. The standard InChI is InChI=1S/C16H32O5Si/c1-8-12-16(20-12,14(18)19-9-2)13(10-11-17)21-22(6,7)15(3,4)5/h12-13,17H,8-11H2,1-7H3/t12?,13-,16-/m1/s1. The molecule has 0 radical (unpaired) electrons. The van der Waals surface area contributed by atoms with Gasteiger partial charge >= 0.3 is 5.97 Å². The third kappa shape index (κ3) is 3.72. The number of ether oxygens (including phenoxy) is 2. The molecule has 1 aliphatic rings. The predicted octanol–water partition coefficient (Wildman–Crippen LogP) is 2.87. The van der Waals surface area contributed by atoms with E-state index in [1.807, 2.05) is 6.92 Å². The summed E-state index contributed by atoms with van der Waals surface area (Å²) in [6, 6.07) is 0. The first-order chi connectivity index (χ1) is 10.1. The summed E-state index contributed by atoms with van der Waals surface area (Å²) in [6.45, 7) is 14.8. The molecule has 0 aromatic rings. The lowest BCUT2D eigenvalue weighted by Crippen LogP contribution is -2.52. The fourth-order valence-corrected chi connectivity index (χ4v) is 3.79. The Morgan fingerprint density at radius 1 is 1.36 bits per heavy atom. The van der Waals surface area contributed by atoms with E-state index in [1.165, 1.54) is 0 Å². The van der Waals surface area contributed by atoms with E-state index in [4.69, 9.17) is 13.9 Å². The average molecular weight is 333 g/mol. The first kappa shape index (κ1) is 19.6. The highest BCUT2D eigenvalue weighted by Gasteiger charge is 2.68. The van der Waals surface area contributed by atoms with Crippen molar-refractivity contribution < 1.29 is 23.8 Å². The summed E-state index contributed by atoms with van der Waals surface area (Å²) in [5, 5.41) is 9.45. The summed E-state index contributed by atoms with van der Waals surface area (Å²) in [5.41, 5.74) is -1.04. The van der Waals surface area contributed by atoms with Crippen LogP contribution in [0.3, 0.4) is 0 Å². The minimum absolute atomic E-state index is 0.0210. The smallest absolute Gasteiger partial charge is 0.343 e. The molecular weight excluding hydrogens is 300 g/mol. The summed E-state index contributed by atoms with van der Waals surface area (Å²) in [7, 11) is -2.09. The Labute approximate surface area is 135 Å². The second kappa shape index (κ2) is 6.99. The topological polar surface area (TPSA) is 68.3 Å². The quantitative estimate of drug-likeness (QED) is 0.420. The molecule has 0 saturated carbocycles. The molecule has 22 heavy (non-hydrogen) atoms. The monoisotopic (exact) mass is 332 g/mol. The van der Waals surface area contributed by atoms with Gasteiger partial charge in [0.2, 0.25) is 5.60 Å². The molecule has 1 rings (SSSR count). The molecule has 0 aliphatic carbocycles. The zero-order chi connectivity index (χ0) is 17.2. The number of carbonyl (C=O) groups is 1. The highest BCUT2D eigenvalue weighted by Crippen LogP contribution is 2.48. The Hall–Kier alpha value is -0.433. The van der Waals surface area contributed by atoms with Crippen molar-refractivity contribution in [2.24, 2.45) is 0 Å². The van der Waals surface area contributed by atoms with Gasteiger partial charge in [-0.2, -0.15) is 0 Å². The zero-order valence-electron chi connectivity index (χ0n) is 15.1. The molecule has 0 aromatic heterocycles. The van der Waals surface area contributed by atoms with Gasteiger partial charge in [-0.3, -0.25) is 0 Å². The largest absolute Gasteiger partial charge is 0.464 e. The van der Waals surface area contributed by atoms with Crippen molar-refractivity contribution in [2.75, 3.05) is 13.2 Å². The van der Waals surface area contributed by atoms with Gasteiger partial charge < -0.3 is 19.0 Å². The van der Waals surface area contributed by atoms with E-state index in [9.17, 15) is 9.90 Å². The van der Waals surface area contributed by atoms with Crippen molar-refractivity contribution in [2.45, 2.75) is 83.4 Å². The summed E-state index contributed by atoms with van der Waals surface area (Å²) in [6.07, 6.45) is 0.457. The molecule has 5 nitrogen and oxygen atoms in total. The molecule has 0 aromatic carbocycles. The molecule has 1 aliphatic heterocycles. The molecule has 3 atom stereocenters. The normalized spacial score (nSPS) is 26.6. The molecule has 130 valence electrons. The van der Waals surface area contributed by atoms with Crippen LogP contribution in [0.25, 0.3) is 0 Å². The van der Waals surface area contributed by atoms with Gasteiger partial charge in [-0.1, -0.05) is 27.7 Å². The molecule has 0 bridgehead atoms. The van der Waals surface area contributed by atoms with E-state index < -0.39 is 20.0 Å². The lowest BCUT2D eigenvalue weighted by molar-refractivity contribution is -0.154. The Morgan fingerprint density at radius 3 is 2.32 bits per heavy atom. The third-order valence-electron chi connectivity index (χ3n) is 4.84. The van der Waals surface area contributed by atoms with E-state index >= 15 is 0 Å². The van der Waals surface area contributed by atoms with Gasteiger partial charge in [-0.25, -0.2) is 4.79 Å². The maximum atomic E-state index is 12.5. The summed E-state index contributed by atoms with van der Waals surface area (Å²) >= 11 is 0. The number of esters is 1. The second-order valence-corrected chi connectivity index (χ2v) is 12.2. The van der Waals surface area contributed by atoms with Crippen LogP contribution in [0.4, 0.5) is 0 Å².